The Morgan fingerprint density at radius 3 is 2.50 bits per heavy atom. The third-order valence-corrected chi connectivity index (χ3v) is 2.57. The number of nitrogens with two attached hydrogens (primary N) is 1. The Bertz CT molecular complexity index is 405. The van der Waals surface area contributed by atoms with Gasteiger partial charge in [-0.05, 0) is 6.92 Å². The molecule has 2 N–H and O–H groups in total. The molecule has 0 saturated heterocycles. The van der Waals surface area contributed by atoms with E-state index in [0.29, 0.717) is 11.8 Å². The Morgan fingerprint density at radius 1 is 1.56 bits per heavy atom. The molecule has 0 radical (unpaired) electrons. The van der Waals surface area contributed by atoms with Crippen LogP contribution in [0.5, 0.6) is 0 Å². The van der Waals surface area contributed by atoms with Gasteiger partial charge in [0.15, 0.2) is 0 Å². The number of nitrogen functional groups attached to an aromatic ring is 1. The van der Waals surface area contributed by atoms with E-state index < -0.39 is 23.2 Å². The highest BCUT2D eigenvalue weighted by Crippen LogP contribution is 2.29. The summed E-state index contributed by atoms with van der Waals surface area (Å²) in [5.41, 5.74) is 0. The molecule has 0 aliphatic rings. The SMILES string of the molecule is C[C@@H](Sc1nnc(C(F)(F)F)n1N)C(=O)[O-]. The van der Waals surface area contributed by atoms with Crippen molar-refractivity contribution < 1.29 is 23.1 Å². The van der Waals surface area contributed by atoms with Crippen LogP contribution in [0.3, 0.4) is 0 Å². The minimum absolute atomic E-state index is 0.199. The lowest BCUT2D eigenvalue weighted by Gasteiger charge is -2.11. The van der Waals surface area contributed by atoms with Gasteiger partial charge in [-0.25, -0.2) is 4.68 Å². The summed E-state index contributed by atoms with van der Waals surface area (Å²) < 4.78 is 36.8. The number of hydrogen-bond acceptors (Lipinski definition) is 6. The van der Waals surface area contributed by atoms with Gasteiger partial charge < -0.3 is 15.7 Å². The number of aliphatic carboxylic acids is 1. The molecule has 90 valence electrons. The van der Waals surface area contributed by atoms with Crippen LogP contribution < -0.4 is 10.9 Å². The Balaban J connectivity index is 2.93. The van der Waals surface area contributed by atoms with Crippen LogP contribution in [0.25, 0.3) is 0 Å². The molecule has 6 nitrogen and oxygen atoms in total. The molecule has 0 saturated carbocycles. The molecule has 0 bridgehead atoms. The van der Waals surface area contributed by atoms with Crippen molar-refractivity contribution in [2.45, 2.75) is 23.5 Å². The zero-order valence-corrected chi connectivity index (χ0v) is 8.67. The van der Waals surface area contributed by atoms with E-state index in [4.69, 9.17) is 5.84 Å². The second-order valence-electron chi connectivity index (χ2n) is 2.75. The topological polar surface area (TPSA) is 96.9 Å². The van der Waals surface area contributed by atoms with Crippen molar-refractivity contribution in [1.82, 2.24) is 14.9 Å². The highest BCUT2D eigenvalue weighted by molar-refractivity contribution is 8.00. The van der Waals surface area contributed by atoms with Crippen LogP contribution in [0.2, 0.25) is 0 Å². The first-order valence-corrected chi connectivity index (χ1v) is 4.76. The Kier molecular flexibility index (Phi) is 3.31. The summed E-state index contributed by atoms with van der Waals surface area (Å²) in [4.78, 5) is 10.4. The van der Waals surface area contributed by atoms with E-state index in [1.54, 1.807) is 0 Å². The van der Waals surface area contributed by atoms with Crippen molar-refractivity contribution in [3.63, 3.8) is 0 Å². The van der Waals surface area contributed by atoms with Gasteiger partial charge in [-0.15, -0.1) is 10.2 Å². The molecule has 1 rings (SSSR count). The Morgan fingerprint density at radius 2 is 2.12 bits per heavy atom. The van der Waals surface area contributed by atoms with Gasteiger partial charge in [0.1, 0.15) is 0 Å². The van der Waals surface area contributed by atoms with E-state index in [0.717, 1.165) is 0 Å². The average molecular weight is 255 g/mol. The average Bonchev–Trinajstić information content (AvgIpc) is 2.46. The fourth-order valence-corrected chi connectivity index (χ4v) is 1.46. The molecule has 0 unspecified atom stereocenters. The van der Waals surface area contributed by atoms with Crippen molar-refractivity contribution in [2.24, 2.45) is 0 Å². The van der Waals surface area contributed by atoms with Crippen LogP contribution in [0, 0.1) is 0 Å². The first-order valence-electron chi connectivity index (χ1n) is 3.88. The monoisotopic (exact) mass is 255 g/mol. The summed E-state index contributed by atoms with van der Waals surface area (Å²) in [6.45, 7) is 1.24. The summed E-state index contributed by atoms with van der Waals surface area (Å²) in [5, 5.41) is 14.9. The zero-order chi connectivity index (χ0) is 12.5. The quantitative estimate of drug-likeness (QED) is 0.563. The summed E-state index contributed by atoms with van der Waals surface area (Å²) in [6, 6.07) is 0. The van der Waals surface area contributed by atoms with E-state index in [-0.39, 0.29) is 9.83 Å². The zero-order valence-electron chi connectivity index (χ0n) is 7.85. The van der Waals surface area contributed by atoms with E-state index in [2.05, 4.69) is 10.2 Å². The number of nitrogens with zero attached hydrogens (tertiary/aromatic N) is 3. The fourth-order valence-electron chi connectivity index (χ4n) is 0.757. The lowest BCUT2D eigenvalue weighted by molar-refractivity contribution is -0.304. The molecule has 0 spiro atoms. The van der Waals surface area contributed by atoms with Crippen LogP contribution in [-0.4, -0.2) is 26.1 Å². The minimum atomic E-state index is -4.73. The van der Waals surface area contributed by atoms with Crippen LogP contribution in [-0.2, 0) is 11.0 Å². The second kappa shape index (κ2) is 4.20. The molecule has 1 aromatic rings. The van der Waals surface area contributed by atoms with Crippen LogP contribution in [0.4, 0.5) is 13.2 Å². The molecule has 0 aliphatic carbocycles. The molecule has 10 heteroatoms. The number of carbonyl (C=O) groups is 1. The Labute approximate surface area is 91.6 Å². The van der Waals surface area contributed by atoms with Gasteiger partial charge in [-0.3, -0.25) is 0 Å². The normalized spacial score (nSPS) is 13.8. The maximum atomic E-state index is 12.2. The molecule has 0 aromatic carbocycles. The van der Waals surface area contributed by atoms with Crippen molar-refractivity contribution in [2.75, 3.05) is 5.84 Å². The lowest BCUT2D eigenvalue weighted by atomic mass is 10.5. The van der Waals surface area contributed by atoms with Crippen molar-refractivity contribution in [3.8, 4) is 0 Å². The van der Waals surface area contributed by atoms with Crippen LogP contribution >= 0.6 is 11.8 Å². The number of thioether (sulfide) groups is 1. The third-order valence-electron chi connectivity index (χ3n) is 1.53. The largest absolute Gasteiger partial charge is 0.549 e. The predicted molar refractivity (Wildman–Crippen MR) is 45.5 cm³/mol. The number of carboxylic acids is 1. The van der Waals surface area contributed by atoms with Crippen molar-refractivity contribution >= 4 is 17.7 Å². The van der Waals surface area contributed by atoms with E-state index >= 15 is 0 Å². The maximum absolute atomic E-state index is 12.2. The summed E-state index contributed by atoms with van der Waals surface area (Å²) in [7, 11) is 0. The van der Waals surface area contributed by atoms with E-state index in [1.165, 1.54) is 6.92 Å². The summed E-state index contributed by atoms with van der Waals surface area (Å²) >= 11 is 0.518. The predicted octanol–water partition coefficient (Wildman–Crippen LogP) is -0.759. The number of carbonyl (C=O) groups excluding carboxylic acids is 1. The molecule has 0 amide bonds. The molecule has 1 heterocycles. The Hall–Kier alpha value is -1.45. The van der Waals surface area contributed by atoms with Gasteiger partial charge in [-0.2, -0.15) is 13.2 Å². The number of alkyl halides is 3. The van der Waals surface area contributed by atoms with Crippen molar-refractivity contribution in [3.05, 3.63) is 5.82 Å². The van der Waals surface area contributed by atoms with Gasteiger partial charge in [0.25, 0.3) is 5.82 Å². The molecule has 1 aromatic heterocycles. The van der Waals surface area contributed by atoms with E-state index in [9.17, 15) is 23.1 Å². The lowest BCUT2D eigenvalue weighted by Crippen LogP contribution is -2.32. The number of hydrogen-bond donors (Lipinski definition) is 1. The van der Waals surface area contributed by atoms with Gasteiger partial charge >= 0.3 is 6.18 Å². The second-order valence-corrected chi connectivity index (χ2v) is 4.06. The first-order chi connectivity index (χ1) is 7.23. The number of carboxylic acid groups (broad SMARTS) is 1. The van der Waals surface area contributed by atoms with Gasteiger partial charge in [0.05, 0.1) is 5.97 Å². The third kappa shape index (κ3) is 2.56. The molecule has 1 atom stereocenters. The molecule has 0 aliphatic heterocycles. The summed E-state index contributed by atoms with van der Waals surface area (Å²) in [5.74, 6) is 2.26. The summed E-state index contributed by atoms with van der Waals surface area (Å²) in [6.07, 6.45) is -4.73. The molecular weight excluding hydrogens is 249 g/mol. The van der Waals surface area contributed by atoms with Gasteiger partial charge in [-0.1, -0.05) is 11.8 Å². The standard InChI is InChI=1S/C6H7F3N4O2S/c1-2(3(14)15)16-5-12-11-4(13(5)10)6(7,8)9/h2H,10H2,1H3,(H,14,15)/p-1/t2-/m1/s1. The van der Waals surface area contributed by atoms with Crippen molar-refractivity contribution in [1.29, 1.82) is 0 Å². The first kappa shape index (κ1) is 12.6. The highest BCUT2D eigenvalue weighted by atomic mass is 32.2. The van der Waals surface area contributed by atoms with E-state index in [1.807, 2.05) is 0 Å². The maximum Gasteiger partial charge on any atom is 0.453 e. The molecule has 16 heavy (non-hydrogen) atoms. The smallest absolute Gasteiger partial charge is 0.453 e. The number of rotatable bonds is 3. The number of halogens is 3. The minimum Gasteiger partial charge on any atom is -0.549 e. The fraction of sp³-hybridized carbons (Fsp3) is 0.500. The van der Waals surface area contributed by atoms with Gasteiger partial charge in [0.2, 0.25) is 5.16 Å². The molecule has 0 fully saturated rings. The number of aromatic nitrogens is 3. The molecular formula is C6H6F3N4O2S-. The van der Waals surface area contributed by atoms with Crippen LogP contribution in [0.1, 0.15) is 12.7 Å². The highest BCUT2D eigenvalue weighted by Gasteiger charge is 2.38. The van der Waals surface area contributed by atoms with Crippen LogP contribution in [0.15, 0.2) is 5.16 Å². The van der Waals surface area contributed by atoms with Gasteiger partial charge in [0, 0.05) is 5.25 Å².